The lowest BCUT2D eigenvalue weighted by Gasteiger charge is -2.25. The predicted octanol–water partition coefficient (Wildman–Crippen LogP) is 2.24. The Morgan fingerprint density at radius 3 is 2.39 bits per heavy atom. The number of rotatable bonds is 3. The van der Waals surface area contributed by atoms with Crippen LogP contribution in [0.5, 0.6) is 0 Å². The van der Waals surface area contributed by atoms with E-state index in [1.165, 1.54) is 6.33 Å². The summed E-state index contributed by atoms with van der Waals surface area (Å²) in [5.41, 5.74) is 5.49. The van der Waals surface area contributed by atoms with Gasteiger partial charge in [-0.1, -0.05) is 36.0 Å². The zero-order chi connectivity index (χ0) is 13.2. The maximum atomic E-state index is 12.3. The molecular weight excluding hydrogens is 275 g/mol. The molecule has 7 heteroatoms. The van der Waals surface area contributed by atoms with E-state index < -0.39 is 5.41 Å². The molecule has 5 nitrogen and oxygen atoms in total. The number of nitrogens with one attached hydrogen (secondary N) is 1. The molecule has 3 N–H and O–H groups in total. The molecule has 1 saturated carbocycles. The lowest BCUT2D eigenvalue weighted by molar-refractivity contribution is -0.124. The van der Waals surface area contributed by atoms with E-state index in [0.717, 1.165) is 25.7 Å². The van der Waals surface area contributed by atoms with Gasteiger partial charge in [0.15, 0.2) is 10.3 Å². The van der Waals surface area contributed by atoms with E-state index in [9.17, 15) is 4.79 Å². The third-order valence-corrected chi connectivity index (χ3v) is 4.00. The summed E-state index contributed by atoms with van der Waals surface area (Å²) in [5.74, 6) is -0.152. The molecule has 0 radical (unpaired) electrons. The van der Waals surface area contributed by atoms with Crippen LogP contribution in [0.1, 0.15) is 25.7 Å². The Morgan fingerprint density at radius 1 is 1.33 bits per heavy atom. The van der Waals surface area contributed by atoms with Crippen molar-refractivity contribution in [3.05, 3.63) is 16.6 Å². The van der Waals surface area contributed by atoms with Crippen LogP contribution in [-0.4, -0.2) is 22.4 Å². The van der Waals surface area contributed by atoms with E-state index >= 15 is 0 Å². The van der Waals surface area contributed by atoms with Crippen molar-refractivity contribution in [3.8, 4) is 0 Å². The van der Waals surface area contributed by atoms with Gasteiger partial charge in [-0.25, -0.2) is 9.97 Å². The van der Waals surface area contributed by atoms with Crippen LogP contribution in [-0.2, 0) is 4.79 Å². The number of hydrogen-bond donors (Lipinski definition) is 2. The molecule has 0 unspecified atom stereocenters. The second-order valence-corrected chi connectivity index (χ2v) is 5.19. The zero-order valence-electron chi connectivity index (χ0n) is 9.75. The van der Waals surface area contributed by atoms with Crippen LogP contribution in [0, 0.1) is 5.41 Å². The van der Waals surface area contributed by atoms with Gasteiger partial charge >= 0.3 is 0 Å². The first-order chi connectivity index (χ1) is 8.59. The summed E-state index contributed by atoms with van der Waals surface area (Å²) < 4.78 is 0. The smallest absolute Gasteiger partial charge is 0.232 e. The molecule has 0 atom stereocenters. The van der Waals surface area contributed by atoms with Gasteiger partial charge in [-0.3, -0.25) is 4.79 Å². The van der Waals surface area contributed by atoms with Gasteiger partial charge < -0.3 is 11.1 Å². The van der Waals surface area contributed by atoms with E-state index in [2.05, 4.69) is 15.3 Å². The van der Waals surface area contributed by atoms with Crippen molar-refractivity contribution in [1.29, 1.82) is 0 Å². The van der Waals surface area contributed by atoms with E-state index in [1.54, 1.807) is 0 Å². The molecular formula is C11H14Cl2N4O. The Labute approximate surface area is 115 Å². The summed E-state index contributed by atoms with van der Waals surface area (Å²) in [4.78, 5) is 19.9. The fourth-order valence-corrected chi connectivity index (χ4v) is 2.68. The lowest BCUT2D eigenvalue weighted by atomic mass is 9.85. The van der Waals surface area contributed by atoms with Crippen LogP contribution in [0.2, 0.25) is 10.3 Å². The summed E-state index contributed by atoms with van der Waals surface area (Å²) in [5, 5.41) is 2.97. The van der Waals surface area contributed by atoms with E-state index in [4.69, 9.17) is 28.9 Å². The molecule has 0 aliphatic heterocycles. The third-order valence-electron chi connectivity index (χ3n) is 3.43. The van der Waals surface area contributed by atoms with E-state index in [-0.39, 0.29) is 21.9 Å². The van der Waals surface area contributed by atoms with Crippen molar-refractivity contribution in [3.63, 3.8) is 0 Å². The van der Waals surface area contributed by atoms with Gasteiger partial charge in [0.1, 0.15) is 12.0 Å². The van der Waals surface area contributed by atoms with Gasteiger partial charge in [0.2, 0.25) is 5.91 Å². The minimum atomic E-state index is -0.511. The maximum absolute atomic E-state index is 12.3. The molecule has 1 aliphatic carbocycles. The molecule has 0 saturated heterocycles. The number of hydrogen-bond acceptors (Lipinski definition) is 4. The van der Waals surface area contributed by atoms with Crippen molar-refractivity contribution in [2.24, 2.45) is 11.1 Å². The number of nitrogens with zero attached hydrogens (tertiary/aromatic N) is 2. The standard InChI is InChI=1S/C11H14Cl2N4O/c12-8-7(9(13)16-6-15-8)17-10(18)11(5-14)3-1-2-4-11/h6H,1-5,14H2,(H,17,18). The van der Waals surface area contributed by atoms with Crippen molar-refractivity contribution >= 4 is 34.8 Å². The predicted molar refractivity (Wildman–Crippen MR) is 70.6 cm³/mol. The average molecular weight is 289 g/mol. The van der Waals surface area contributed by atoms with Gasteiger partial charge in [0.05, 0.1) is 5.41 Å². The second kappa shape index (κ2) is 5.38. The van der Waals surface area contributed by atoms with Crippen LogP contribution in [0.15, 0.2) is 6.33 Å². The summed E-state index contributed by atoms with van der Waals surface area (Å²) in [7, 11) is 0. The van der Waals surface area contributed by atoms with Gasteiger partial charge in [-0.05, 0) is 12.8 Å². The van der Waals surface area contributed by atoms with Crippen LogP contribution < -0.4 is 11.1 Å². The summed E-state index contributed by atoms with van der Waals surface area (Å²) in [6, 6.07) is 0. The Balaban J connectivity index is 2.21. The normalized spacial score (nSPS) is 17.7. The Morgan fingerprint density at radius 2 is 1.89 bits per heavy atom. The molecule has 0 aromatic carbocycles. The van der Waals surface area contributed by atoms with Gasteiger partial charge in [0.25, 0.3) is 0 Å². The quantitative estimate of drug-likeness (QED) is 0.836. The number of anilines is 1. The minimum Gasteiger partial charge on any atom is -0.329 e. The highest BCUT2D eigenvalue weighted by atomic mass is 35.5. The molecule has 1 aromatic heterocycles. The topological polar surface area (TPSA) is 80.9 Å². The first-order valence-corrected chi connectivity index (χ1v) is 6.52. The maximum Gasteiger partial charge on any atom is 0.232 e. The monoisotopic (exact) mass is 288 g/mol. The van der Waals surface area contributed by atoms with Crippen molar-refractivity contribution < 1.29 is 4.79 Å². The van der Waals surface area contributed by atoms with Crippen LogP contribution >= 0.6 is 23.2 Å². The first kappa shape index (κ1) is 13.5. The highest BCUT2D eigenvalue weighted by Gasteiger charge is 2.40. The summed E-state index contributed by atoms with van der Waals surface area (Å²) in [6.45, 7) is 0.321. The zero-order valence-corrected chi connectivity index (χ0v) is 11.3. The highest BCUT2D eigenvalue weighted by molar-refractivity contribution is 6.38. The van der Waals surface area contributed by atoms with Crippen molar-refractivity contribution in [1.82, 2.24) is 9.97 Å². The van der Waals surface area contributed by atoms with Gasteiger partial charge in [-0.15, -0.1) is 0 Å². The molecule has 18 heavy (non-hydrogen) atoms. The molecule has 0 bridgehead atoms. The summed E-state index contributed by atoms with van der Waals surface area (Å²) >= 11 is 11.8. The van der Waals surface area contributed by atoms with Gasteiger partial charge in [0, 0.05) is 6.54 Å². The lowest BCUT2D eigenvalue weighted by Crippen LogP contribution is -2.40. The van der Waals surface area contributed by atoms with Crippen LogP contribution in [0.4, 0.5) is 5.69 Å². The molecule has 1 fully saturated rings. The molecule has 0 spiro atoms. The molecule has 1 aromatic rings. The number of aromatic nitrogens is 2. The van der Waals surface area contributed by atoms with E-state index in [1.807, 2.05) is 0 Å². The highest BCUT2D eigenvalue weighted by Crippen LogP contribution is 2.39. The Kier molecular flexibility index (Phi) is 4.04. The van der Waals surface area contributed by atoms with Crippen LogP contribution in [0.25, 0.3) is 0 Å². The third kappa shape index (κ3) is 2.43. The van der Waals surface area contributed by atoms with Crippen molar-refractivity contribution in [2.45, 2.75) is 25.7 Å². The Hall–Kier alpha value is -0.910. The largest absolute Gasteiger partial charge is 0.329 e. The SMILES string of the molecule is NCC1(C(=O)Nc2c(Cl)ncnc2Cl)CCCC1. The fraction of sp³-hybridized carbons (Fsp3) is 0.545. The molecule has 1 amide bonds. The van der Waals surface area contributed by atoms with Crippen LogP contribution in [0.3, 0.4) is 0 Å². The van der Waals surface area contributed by atoms with Crippen molar-refractivity contribution in [2.75, 3.05) is 11.9 Å². The van der Waals surface area contributed by atoms with E-state index in [0.29, 0.717) is 6.54 Å². The number of nitrogens with two attached hydrogens (primary N) is 1. The first-order valence-electron chi connectivity index (χ1n) is 5.76. The molecule has 98 valence electrons. The minimum absolute atomic E-state index is 0.133. The molecule has 2 rings (SSSR count). The number of carbonyl (C=O) groups is 1. The molecule has 1 heterocycles. The number of halogens is 2. The second-order valence-electron chi connectivity index (χ2n) is 4.48. The number of carbonyl (C=O) groups excluding carboxylic acids is 1. The number of amides is 1. The Bertz CT molecular complexity index is 440. The summed E-state index contributed by atoms with van der Waals surface area (Å²) in [6.07, 6.45) is 4.85. The average Bonchev–Trinajstić information content (AvgIpc) is 2.84. The fourth-order valence-electron chi connectivity index (χ4n) is 2.27. The van der Waals surface area contributed by atoms with Gasteiger partial charge in [-0.2, -0.15) is 0 Å². The molecule has 1 aliphatic rings.